The van der Waals surface area contributed by atoms with Gasteiger partial charge in [-0.25, -0.2) is 4.98 Å². The van der Waals surface area contributed by atoms with Crippen molar-refractivity contribution in [2.75, 3.05) is 18.6 Å². The van der Waals surface area contributed by atoms with Crippen molar-refractivity contribution < 1.29 is 4.74 Å². The Morgan fingerprint density at radius 1 is 1.33 bits per heavy atom. The molecule has 2 rings (SSSR count). The molecule has 1 fully saturated rings. The van der Waals surface area contributed by atoms with Gasteiger partial charge in [0.05, 0.1) is 6.61 Å². The molecule has 1 aliphatic carbocycles. The lowest BCUT2D eigenvalue weighted by molar-refractivity contribution is 0.305. The van der Waals surface area contributed by atoms with Crippen LogP contribution in [-0.2, 0) is 13.0 Å². The Morgan fingerprint density at radius 2 is 2.19 bits per heavy atom. The van der Waals surface area contributed by atoms with Gasteiger partial charge in [0.1, 0.15) is 0 Å². The second kappa shape index (κ2) is 9.31. The van der Waals surface area contributed by atoms with Crippen LogP contribution in [0.2, 0.25) is 0 Å². The van der Waals surface area contributed by atoms with Crippen molar-refractivity contribution in [3.05, 3.63) is 23.4 Å². The van der Waals surface area contributed by atoms with Gasteiger partial charge in [-0.05, 0) is 55.7 Å². The molecule has 1 saturated carbocycles. The van der Waals surface area contributed by atoms with Crippen LogP contribution in [-0.4, -0.2) is 29.6 Å². The van der Waals surface area contributed by atoms with E-state index in [-0.39, 0.29) is 0 Å². The van der Waals surface area contributed by atoms with Gasteiger partial charge in [0.2, 0.25) is 5.88 Å². The van der Waals surface area contributed by atoms with E-state index in [1.807, 2.05) is 11.8 Å². The van der Waals surface area contributed by atoms with E-state index in [1.54, 1.807) is 0 Å². The first kappa shape index (κ1) is 16.6. The average Bonchev–Trinajstić information content (AvgIpc) is 3.32. The third kappa shape index (κ3) is 6.70. The van der Waals surface area contributed by atoms with Gasteiger partial charge < -0.3 is 10.1 Å². The Kier molecular flexibility index (Phi) is 7.37. The Bertz CT molecular complexity index is 421. The number of ether oxygens (including phenoxy) is 1. The molecular formula is C17H28N2OS. The van der Waals surface area contributed by atoms with Crippen LogP contribution in [0.25, 0.3) is 0 Å². The van der Waals surface area contributed by atoms with Gasteiger partial charge in [0.15, 0.2) is 0 Å². The predicted molar refractivity (Wildman–Crippen MR) is 91.2 cm³/mol. The summed E-state index contributed by atoms with van der Waals surface area (Å²) in [6.45, 7) is 3.92. The molecule has 0 amide bonds. The molecule has 118 valence electrons. The molecule has 0 spiro atoms. The Labute approximate surface area is 133 Å². The van der Waals surface area contributed by atoms with Crippen molar-refractivity contribution in [2.45, 2.75) is 58.0 Å². The number of aromatic nitrogens is 1. The maximum Gasteiger partial charge on any atom is 0.213 e. The molecule has 21 heavy (non-hydrogen) atoms. The molecule has 0 atom stereocenters. The van der Waals surface area contributed by atoms with Crippen LogP contribution < -0.4 is 10.1 Å². The summed E-state index contributed by atoms with van der Waals surface area (Å²) in [4.78, 5) is 4.65. The first-order valence-corrected chi connectivity index (χ1v) is 9.56. The molecule has 0 unspecified atom stereocenters. The van der Waals surface area contributed by atoms with E-state index < -0.39 is 0 Å². The van der Waals surface area contributed by atoms with Crippen molar-refractivity contribution in [3.63, 3.8) is 0 Å². The van der Waals surface area contributed by atoms with E-state index in [9.17, 15) is 0 Å². The summed E-state index contributed by atoms with van der Waals surface area (Å²) in [5.74, 6) is 1.95. The third-order valence-corrected chi connectivity index (χ3v) is 4.31. The Balaban J connectivity index is 1.92. The second-order valence-electron chi connectivity index (χ2n) is 5.76. The fraction of sp³-hybridized carbons (Fsp3) is 0.706. The summed E-state index contributed by atoms with van der Waals surface area (Å²) in [6.07, 6.45) is 9.31. The lowest BCUT2D eigenvalue weighted by Crippen LogP contribution is -2.16. The minimum Gasteiger partial charge on any atom is -0.478 e. The highest BCUT2D eigenvalue weighted by Gasteiger charge is 2.20. The zero-order valence-electron chi connectivity index (χ0n) is 13.4. The lowest BCUT2D eigenvalue weighted by Gasteiger charge is -2.11. The molecule has 4 heteroatoms. The maximum atomic E-state index is 5.84. The van der Waals surface area contributed by atoms with Gasteiger partial charge in [0, 0.05) is 24.3 Å². The molecule has 3 nitrogen and oxygen atoms in total. The molecule has 0 saturated heterocycles. The molecule has 1 aromatic heterocycles. The number of rotatable bonds is 11. The molecule has 0 aliphatic heterocycles. The number of aryl methyl sites for hydroxylation is 1. The molecule has 1 N–H and O–H groups in total. The summed E-state index contributed by atoms with van der Waals surface area (Å²) in [6, 6.07) is 5.08. The van der Waals surface area contributed by atoms with Crippen molar-refractivity contribution >= 4 is 11.8 Å². The molecular weight excluding hydrogens is 280 g/mol. The second-order valence-corrected chi connectivity index (χ2v) is 6.74. The number of pyridine rings is 1. The van der Waals surface area contributed by atoms with Gasteiger partial charge >= 0.3 is 0 Å². The average molecular weight is 308 g/mol. The number of thioether (sulfide) groups is 1. The van der Waals surface area contributed by atoms with Crippen LogP contribution in [0.5, 0.6) is 5.88 Å². The van der Waals surface area contributed by atoms with Gasteiger partial charge in [-0.2, -0.15) is 11.8 Å². The standard InChI is InChI=1S/C17H28N2OS/c1-3-4-6-16-11-14(13-18-15-7-8-15)12-17(19-16)20-9-5-10-21-2/h11-12,15,18H,3-10,13H2,1-2H3. The molecule has 1 heterocycles. The van der Waals surface area contributed by atoms with Gasteiger partial charge in [-0.3, -0.25) is 0 Å². The quantitative estimate of drug-likeness (QED) is 0.630. The normalized spacial score (nSPS) is 14.4. The van der Waals surface area contributed by atoms with E-state index in [0.717, 1.165) is 43.7 Å². The van der Waals surface area contributed by atoms with E-state index in [1.165, 1.54) is 36.9 Å². The minimum atomic E-state index is 0.739. The Morgan fingerprint density at radius 3 is 2.90 bits per heavy atom. The van der Waals surface area contributed by atoms with Crippen LogP contribution in [0, 0.1) is 0 Å². The molecule has 1 aromatic rings. The van der Waals surface area contributed by atoms with Crippen molar-refractivity contribution in [1.29, 1.82) is 0 Å². The van der Waals surface area contributed by atoms with Crippen LogP contribution in [0.4, 0.5) is 0 Å². The summed E-state index contributed by atoms with van der Waals surface area (Å²) in [7, 11) is 0. The summed E-state index contributed by atoms with van der Waals surface area (Å²) in [5, 5.41) is 3.57. The fourth-order valence-electron chi connectivity index (χ4n) is 2.21. The monoisotopic (exact) mass is 308 g/mol. The highest BCUT2D eigenvalue weighted by atomic mass is 32.2. The van der Waals surface area contributed by atoms with Crippen molar-refractivity contribution in [1.82, 2.24) is 10.3 Å². The van der Waals surface area contributed by atoms with E-state index >= 15 is 0 Å². The number of unbranched alkanes of at least 4 members (excludes halogenated alkanes) is 1. The largest absolute Gasteiger partial charge is 0.478 e. The third-order valence-electron chi connectivity index (χ3n) is 3.62. The number of hydrogen-bond donors (Lipinski definition) is 1. The molecule has 0 radical (unpaired) electrons. The first-order valence-electron chi connectivity index (χ1n) is 8.16. The van der Waals surface area contributed by atoms with Gasteiger partial charge in [-0.15, -0.1) is 0 Å². The number of nitrogens with one attached hydrogen (secondary N) is 1. The van der Waals surface area contributed by atoms with Crippen LogP contribution in [0.1, 0.15) is 50.3 Å². The maximum absolute atomic E-state index is 5.84. The molecule has 0 bridgehead atoms. The fourth-order valence-corrected chi connectivity index (χ4v) is 2.62. The topological polar surface area (TPSA) is 34.1 Å². The summed E-state index contributed by atoms with van der Waals surface area (Å²) < 4.78 is 5.84. The molecule has 0 aromatic carbocycles. The predicted octanol–water partition coefficient (Wildman–Crippen LogP) is 3.81. The highest BCUT2D eigenvalue weighted by Crippen LogP contribution is 2.21. The first-order chi connectivity index (χ1) is 10.3. The van der Waals surface area contributed by atoms with Crippen LogP contribution in [0.3, 0.4) is 0 Å². The van der Waals surface area contributed by atoms with E-state index in [2.05, 4.69) is 35.6 Å². The summed E-state index contributed by atoms with van der Waals surface area (Å²) >= 11 is 1.86. The van der Waals surface area contributed by atoms with E-state index in [0.29, 0.717) is 0 Å². The molecule has 1 aliphatic rings. The van der Waals surface area contributed by atoms with Crippen LogP contribution in [0.15, 0.2) is 12.1 Å². The minimum absolute atomic E-state index is 0.739. The summed E-state index contributed by atoms with van der Waals surface area (Å²) in [5.41, 5.74) is 2.48. The zero-order valence-corrected chi connectivity index (χ0v) is 14.2. The van der Waals surface area contributed by atoms with Crippen molar-refractivity contribution in [2.24, 2.45) is 0 Å². The Hall–Kier alpha value is -0.740. The lowest BCUT2D eigenvalue weighted by atomic mass is 10.1. The van der Waals surface area contributed by atoms with E-state index in [4.69, 9.17) is 4.74 Å². The number of nitrogens with zero attached hydrogens (tertiary/aromatic N) is 1. The van der Waals surface area contributed by atoms with Crippen molar-refractivity contribution in [3.8, 4) is 5.88 Å². The number of hydrogen-bond acceptors (Lipinski definition) is 4. The highest BCUT2D eigenvalue weighted by molar-refractivity contribution is 7.98. The van der Waals surface area contributed by atoms with Crippen LogP contribution >= 0.6 is 11.8 Å². The SMILES string of the molecule is CCCCc1cc(CNC2CC2)cc(OCCCSC)n1. The van der Waals surface area contributed by atoms with Gasteiger partial charge in [0.25, 0.3) is 0 Å². The smallest absolute Gasteiger partial charge is 0.213 e. The zero-order chi connectivity index (χ0) is 14.9. The van der Waals surface area contributed by atoms with Gasteiger partial charge in [-0.1, -0.05) is 13.3 Å².